The smallest absolute Gasteiger partial charge is 0.338 e. The normalized spacial score (nSPS) is 14.6. The van der Waals surface area contributed by atoms with Crippen LogP contribution < -0.4 is 10.00 Å². The van der Waals surface area contributed by atoms with Crippen LogP contribution in [0, 0.1) is 6.92 Å². The van der Waals surface area contributed by atoms with Crippen LogP contribution in [0.4, 0.5) is 0 Å². The minimum absolute atomic E-state index is 0.238. The molecule has 3 rings (SSSR count). The molecule has 1 amide bonds. The second-order valence-electron chi connectivity index (χ2n) is 7.30. The molecule has 6 nitrogen and oxygen atoms in total. The molecular weight excluding hydrogens is 354 g/mol. The van der Waals surface area contributed by atoms with Crippen molar-refractivity contribution in [2.75, 3.05) is 13.2 Å². The molecule has 6 heteroatoms. The van der Waals surface area contributed by atoms with Crippen molar-refractivity contribution in [2.45, 2.75) is 58.5 Å². The van der Waals surface area contributed by atoms with Gasteiger partial charge in [-0.05, 0) is 38.3 Å². The number of amides is 1. The maximum Gasteiger partial charge on any atom is 0.338 e. The summed E-state index contributed by atoms with van der Waals surface area (Å²) >= 11 is 0. The van der Waals surface area contributed by atoms with E-state index in [1.54, 1.807) is 19.1 Å². The molecule has 0 spiro atoms. The monoisotopic (exact) mass is 384 g/mol. The van der Waals surface area contributed by atoms with E-state index < -0.39 is 5.97 Å². The summed E-state index contributed by atoms with van der Waals surface area (Å²) in [6.07, 6.45) is 10.5. The van der Waals surface area contributed by atoms with Crippen molar-refractivity contribution in [3.8, 4) is 0 Å². The Bertz CT molecular complexity index is 822. The van der Waals surface area contributed by atoms with Gasteiger partial charge in [0.1, 0.15) is 0 Å². The van der Waals surface area contributed by atoms with Crippen LogP contribution in [0.5, 0.6) is 0 Å². The molecule has 1 heterocycles. The van der Waals surface area contributed by atoms with Crippen LogP contribution in [0.3, 0.4) is 0 Å². The van der Waals surface area contributed by atoms with Gasteiger partial charge in [0.2, 0.25) is 0 Å². The van der Waals surface area contributed by atoms with Gasteiger partial charge in [-0.15, -0.1) is 4.68 Å². The van der Waals surface area contributed by atoms with Crippen molar-refractivity contribution in [1.82, 2.24) is 10.00 Å². The summed E-state index contributed by atoms with van der Waals surface area (Å²) in [7, 11) is 0. The van der Waals surface area contributed by atoms with E-state index in [1.807, 2.05) is 13.0 Å². The molecular formula is C22H30N3O3+. The van der Waals surface area contributed by atoms with Crippen molar-refractivity contribution < 1.29 is 19.0 Å². The Morgan fingerprint density at radius 3 is 2.75 bits per heavy atom. The molecule has 1 aromatic carbocycles. The fourth-order valence-electron chi connectivity index (χ4n) is 3.98. The predicted molar refractivity (Wildman–Crippen MR) is 106 cm³/mol. The highest BCUT2D eigenvalue weighted by atomic mass is 16.5. The zero-order valence-corrected chi connectivity index (χ0v) is 16.8. The van der Waals surface area contributed by atoms with Gasteiger partial charge in [0.25, 0.3) is 5.91 Å². The van der Waals surface area contributed by atoms with Gasteiger partial charge in [-0.3, -0.25) is 4.79 Å². The molecule has 1 N–H and O–H groups in total. The molecule has 0 bridgehead atoms. The van der Waals surface area contributed by atoms with E-state index in [0.29, 0.717) is 30.3 Å². The minimum atomic E-state index is -0.461. The first-order valence-corrected chi connectivity index (χ1v) is 10.2. The Kier molecular flexibility index (Phi) is 6.85. The molecule has 1 aromatic heterocycles. The highest BCUT2D eigenvalue weighted by molar-refractivity contribution is 6.06. The van der Waals surface area contributed by atoms with Crippen LogP contribution in [-0.4, -0.2) is 29.7 Å². The highest BCUT2D eigenvalue weighted by Gasteiger charge is 2.23. The number of rotatable bonds is 7. The third-order valence-corrected chi connectivity index (χ3v) is 5.36. The zero-order valence-electron chi connectivity index (χ0n) is 16.8. The summed E-state index contributed by atoms with van der Waals surface area (Å²) in [4.78, 5) is 25.0. The minimum Gasteiger partial charge on any atom is -0.462 e. The second kappa shape index (κ2) is 9.53. The molecule has 0 aliphatic heterocycles. The summed E-state index contributed by atoms with van der Waals surface area (Å²) in [5, 5.41) is 2.96. The van der Waals surface area contributed by atoms with Crippen LogP contribution in [0.1, 0.15) is 71.3 Å². The van der Waals surface area contributed by atoms with Crippen molar-refractivity contribution in [2.24, 2.45) is 0 Å². The van der Waals surface area contributed by atoms with Gasteiger partial charge in [0, 0.05) is 6.07 Å². The Morgan fingerprint density at radius 1 is 1.21 bits per heavy atom. The summed E-state index contributed by atoms with van der Waals surface area (Å²) in [6, 6.07) is 7.84. The lowest BCUT2D eigenvalue weighted by Crippen LogP contribution is -2.48. The number of nitrogens with zero attached hydrogens (tertiary/aromatic N) is 2. The number of esters is 1. The average molecular weight is 385 g/mol. The van der Waals surface area contributed by atoms with Crippen LogP contribution in [0.15, 0.2) is 36.7 Å². The van der Waals surface area contributed by atoms with E-state index in [1.165, 1.54) is 32.1 Å². The molecule has 150 valence electrons. The third kappa shape index (κ3) is 4.61. The first-order valence-electron chi connectivity index (χ1n) is 10.2. The second-order valence-corrected chi connectivity index (χ2v) is 7.30. The van der Waals surface area contributed by atoms with E-state index >= 15 is 0 Å². The Morgan fingerprint density at radius 2 is 2.00 bits per heavy atom. The van der Waals surface area contributed by atoms with Crippen molar-refractivity contribution in [3.05, 3.63) is 53.3 Å². The number of aryl methyl sites for hydroxylation is 1. The number of carbonyl (C=O) groups excluding carboxylic acids is 2. The molecule has 1 fully saturated rings. The lowest BCUT2D eigenvalue weighted by molar-refractivity contribution is -0.776. The van der Waals surface area contributed by atoms with Gasteiger partial charge < -0.3 is 10.1 Å². The van der Waals surface area contributed by atoms with Crippen LogP contribution in [0.2, 0.25) is 0 Å². The molecule has 28 heavy (non-hydrogen) atoms. The SMILES string of the molecule is CCOC(=O)c1cccc(C)c1C(=O)NCC[n+]1cccn1C1CCCCC1. The van der Waals surface area contributed by atoms with Gasteiger partial charge in [-0.25, -0.2) is 4.79 Å². The summed E-state index contributed by atoms with van der Waals surface area (Å²) in [5.74, 6) is -0.700. The number of nitrogens with one attached hydrogen (secondary N) is 1. The number of hydrogen-bond acceptors (Lipinski definition) is 3. The average Bonchev–Trinajstić information content (AvgIpc) is 3.17. The predicted octanol–water partition coefficient (Wildman–Crippen LogP) is 3.20. The van der Waals surface area contributed by atoms with E-state index in [2.05, 4.69) is 33.1 Å². The van der Waals surface area contributed by atoms with Crippen molar-refractivity contribution in [3.63, 3.8) is 0 Å². The number of carbonyl (C=O) groups is 2. The summed E-state index contributed by atoms with van der Waals surface area (Å²) in [6.45, 7) is 5.06. The maximum atomic E-state index is 12.8. The molecule has 0 saturated heterocycles. The van der Waals surface area contributed by atoms with Gasteiger partial charge in [-0.2, -0.15) is 4.68 Å². The van der Waals surface area contributed by atoms with Gasteiger partial charge in [0.05, 0.1) is 36.5 Å². The van der Waals surface area contributed by atoms with Crippen LogP contribution >= 0.6 is 0 Å². The standard InChI is InChI=1S/C22H29N3O3/c1-3-28-22(27)19-12-7-9-17(2)20(19)21(26)23-13-16-24-14-8-15-25(24)18-10-5-4-6-11-18/h7-9,12,14-15,18H,3-6,10-11,13,16H2,1-2H3/p+1. The van der Waals surface area contributed by atoms with Crippen LogP contribution in [-0.2, 0) is 11.3 Å². The number of aromatic nitrogens is 2. The van der Waals surface area contributed by atoms with Gasteiger partial charge >= 0.3 is 5.97 Å². The first kappa shape index (κ1) is 20.1. The largest absolute Gasteiger partial charge is 0.462 e. The van der Waals surface area contributed by atoms with Crippen molar-refractivity contribution in [1.29, 1.82) is 0 Å². The maximum absolute atomic E-state index is 12.8. The lowest BCUT2D eigenvalue weighted by Gasteiger charge is -2.21. The summed E-state index contributed by atoms with van der Waals surface area (Å²) in [5.41, 5.74) is 1.48. The number of ether oxygens (including phenoxy) is 1. The van der Waals surface area contributed by atoms with Crippen molar-refractivity contribution >= 4 is 11.9 Å². The molecule has 0 radical (unpaired) electrons. The topological polar surface area (TPSA) is 64.2 Å². The van der Waals surface area contributed by atoms with E-state index in [4.69, 9.17) is 4.74 Å². The lowest BCUT2D eigenvalue weighted by atomic mass is 9.96. The zero-order chi connectivity index (χ0) is 19.9. The fourth-order valence-corrected chi connectivity index (χ4v) is 3.98. The molecule has 1 aliphatic carbocycles. The molecule has 2 aromatic rings. The highest BCUT2D eigenvalue weighted by Crippen LogP contribution is 2.26. The van der Waals surface area contributed by atoms with Crippen LogP contribution in [0.25, 0.3) is 0 Å². The van der Waals surface area contributed by atoms with E-state index in [-0.39, 0.29) is 12.5 Å². The fraction of sp³-hybridized carbons (Fsp3) is 0.500. The number of benzene rings is 1. The summed E-state index contributed by atoms with van der Waals surface area (Å²) < 4.78 is 9.56. The van der Waals surface area contributed by atoms with Gasteiger partial charge in [-0.1, -0.05) is 31.4 Å². The first-order chi connectivity index (χ1) is 13.6. The quantitative estimate of drug-likeness (QED) is 0.589. The molecule has 0 atom stereocenters. The third-order valence-electron chi connectivity index (χ3n) is 5.36. The Hall–Kier alpha value is -2.63. The molecule has 0 unspecified atom stereocenters. The molecule has 1 saturated carbocycles. The Balaban J connectivity index is 1.64. The number of hydrogen-bond donors (Lipinski definition) is 1. The van der Waals surface area contributed by atoms with E-state index in [9.17, 15) is 9.59 Å². The van der Waals surface area contributed by atoms with E-state index in [0.717, 1.165) is 5.56 Å². The molecule has 1 aliphatic rings. The van der Waals surface area contributed by atoms with Gasteiger partial charge in [0.15, 0.2) is 12.7 Å². The Labute approximate surface area is 166 Å².